The summed E-state index contributed by atoms with van der Waals surface area (Å²) in [6.07, 6.45) is 1.40. The lowest BCUT2D eigenvalue weighted by Crippen LogP contribution is -2.14. The molecular formula is C20H24N2O2. The highest BCUT2D eigenvalue weighted by atomic mass is 16.2. The molecule has 4 nitrogen and oxygen atoms in total. The van der Waals surface area contributed by atoms with Crippen LogP contribution in [0, 0.1) is 0 Å². The summed E-state index contributed by atoms with van der Waals surface area (Å²) in [6.45, 7) is 5.82. The summed E-state index contributed by atoms with van der Waals surface area (Å²) in [7, 11) is 0. The quantitative estimate of drug-likeness (QED) is 0.830. The van der Waals surface area contributed by atoms with E-state index in [4.69, 9.17) is 0 Å². The highest BCUT2D eigenvalue weighted by molar-refractivity contribution is 5.92. The minimum atomic E-state index is -0.110. The van der Waals surface area contributed by atoms with Crippen molar-refractivity contribution in [3.63, 3.8) is 0 Å². The number of nitrogens with one attached hydrogen (secondary N) is 2. The van der Waals surface area contributed by atoms with E-state index in [0.717, 1.165) is 23.4 Å². The molecule has 2 amide bonds. The van der Waals surface area contributed by atoms with Crippen LogP contribution in [0.25, 0.3) is 0 Å². The van der Waals surface area contributed by atoms with Crippen molar-refractivity contribution in [1.29, 1.82) is 0 Å². The molecule has 126 valence electrons. The normalized spacial score (nSPS) is 11.6. The van der Waals surface area contributed by atoms with Crippen molar-refractivity contribution in [2.24, 2.45) is 0 Å². The van der Waals surface area contributed by atoms with Crippen LogP contribution in [0.3, 0.4) is 0 Å². The predicted molar refractivity (Wildman–Crippen MR) is 98.2 cm³/mol. The van der Waals surface area contributed by atoms with E-state index in [1.807, 2.05) is 24.3 Å². The van der Waals surface area contributed by atoms with Crippen LogP contribution < -0.4 is 10.6 Å². The van der Waals surface area contributed by atoms with E-state index in [2.05, 4.69) is 36.6 Å². The fraction of sp³-hybridized carbons (Fsp3) is 0.300. The zero-order valence-corrected chi connectivity index (χ0v) is 14.4. The Balaban J connectivity index is 1.92. The first kappa shape index (κ1) is 17.7. The molecule has 0 saturated heterocycles. The fourth-order valence-electron chi connectivity index (χ4n) is 2.43. The van der Waals surface area contributed by atoms with Crippen LogP contribution in [0.4, 0.5) is 11.4 Å². The van der Waals surface area contributed by atoms with E-state index < -0.39 is 0 Å². The standard InChI is InChI=1S/C20H24N2O2/c1-4-14(2)17-7-11-19(12-8-17)22-20(24)13-16-5-9-18(10-6-16)21-15(3)23/h5-12,14H,4,13H2,1-3H3,(H,21,23)(H,22,24)/t14-/m0/s1. The van der Waals surface area contributed by atoms with E-state index in [-0.39, 0.29) is 11.8 Å². The molecule has 0 aliphatic carbocycles. The van der Waals surface area contributed by atoms with Crippen molar-refractivity contribution >= 4 is 23.2 Å². The van der Waals surface area contributed by atoms with Gasteiger partial charge in [0.15, 0.2) is 0 Å². The molecule has 0 spiro atoms. The zero-order chi connectivity index (χ0) is 17.5. The number of carbonyl (C=O) groups excluding carboxylic acids is 2. The van der Waals surface area contributed by atoms with Crippen molar-refractivity contribution in [2.45, 2.75) is 39.5 Å². The molecule has 2 N–H and O–H groups in total. The second kappa shape index (κ2) is 8.29. The number of benzene rings is 2. The van der Waals surface area contributed by atoms with Crippen molar-refractivity contribution in [3.05, 3.63) is 59.7 Å². The Hall–Kier alpha value is -2.62. The van der Waals surface area contributed by atoms with Crippen molar-refractivity contribution < 1.29 is 9.59 Å². The molecule has 1 atom stereocenters. The molecule has 2 aromatic carbocycles. The molecule has 24 heavy (non-hydrogen) atoms. The van der Waals surface area contributed by atoms with Crippen molar-refractivity contribution in [2.75, 3.05) is 10.6 Å². The Morgan fingerprint density at radius 3 is 2.00 bits per heavy atom. The molecule has 0 fully saturated rings. The Bertz CT molecular complexity index is 691. The van der Waals surface area contributed by atoms with E-state index in [9.17, 15) is 9.59 Å². The van der Waals surface area contributed by atoms with Gasteiger partial charge in [0.05, 0.1) is 6.42 Å². The number of rotatable bonds is 6. The summed E-state index contributed by atoms with van der Waals surface area (Å²) in [6, 6.07) is 15.3. The maximum Gasteiger partial charge on any atom is 0.228 e. The Morgan fingerprint density at radius 2 is 1.46 bits per heavy atom. The molecule has 0 radical (unpaired) electrons. The van der Waals surface area contributed by atoms with Gasteiger partial charge in [0.1, 0.15) is 0 Å². The third kappa shape index (κ3) is 5.23. The maximum atomic E-state index is 12.1. The van der Waals surface area contributed by atoms with Gasteiger partial charge in [-0.25, -0.2) is 0 Å². The third-order valence-corrected chi connectivity index (χ3v) is 4.01. The van der Waals surface area contributed by atoms with Crippen LogP contribution >= 0.6 is 0 Å². The van der Waals surface area contributed by atoms with Gasteiger partial charge in [-0.05, 0) is 47.7 Å². The van der Waals surface area contributed by atoms with E-state index in [0.29, 0.717) is 12.3 Å². The van der Waals surface area contributed by atoms with Crippen molar-refractivity contribution in [3.8, 4) is 0 Å². The topological polar surface area (TPSA) is 58.2 Å². The molecule has 4 heteroatoms. The SMILES string of the molecule is CC[C@H](C)c1ccc(NC(=O)Cc2ccc(NC(C)=O)cc2)cc1. The van der Waals surface area contributed by atoms with Gasteiger partial charge in [0.2, 0.25) is 11.8 Å². The fourth-order valence-corrected chi connectivity index (χ4v) is 2.43. The van der Waals surface area contributed by atoms with E-state index in [1.165, 1.54) is 12.5 Å². The number of carbonyl (C=O) groups is 2. The lowest BCUT2D eigenvalue weighted by molar-refractivity contribution is -0.116. The van der Waals surface area contributed by atoms with E-state index in [1.54, 1.807) is 12.1 Å². The number of anilines is 2. The Morgan fingerprint density at radius 1 is 0.917 bits per heavy atom. The first-order valence-corrected chi connectivity index (χ1v) is 8.24. The maximum absolute atomic E-state index is 12.1. The minimum Gasteiger partial charge on any atom is -0.326 e. The van der Waals surface area contributed by atoms with E-state index >= 15 is 0 Å². The van der Waals surface area contributed by atoms with Gasteiger partial charge in [0.25, 0.3) is 0 Å². The summed E-state index contributed by atoms with van der Waals surface area (Å²) in [4.78, 5) is 23.1. The lowest BCUT2D eigenvalue weighted by atomic mass is 9.98. The number of amides is 2. The summed E-state index contributed by atoms with van der Waals surface area (Å²) in [5, 5.41) is 5.62. The van der Waals surface area contributed by atoms with Gasteiger partial charge in [0, 0.05) is 18.3 Å². The second-order valence-electron chi connectivity index (χ2n) is 6.03. The van der Waals surface area contributed by atoms with Gasteiger partial charge in [-0.15, -0.1) is 0 Å². The van der Waals surface area contributed by atoms with Crippen LogP contribution in [-0.2, 0) is 16.0 Å². The van der Waals surface area contributed by atoms with Gasteiger partial charge in [-0.1, -0.05) is 38.1 Å². The smallest absolute Gasteiger partial charge is 0.228 e. The van der Waals surface area contributed by atoms with Gasteiger partial charge >= 0.3 is 0 Å². The predicted octanol–water partition coefficient (Wildman–Crippen LogP) is 4.34. The molecular weight excluding hydrogens is 300 g/mol. The van der Waals surface area contributed by atoms with Crippen LogP contribution in [0.2, 0.25) is 0 Å². The molecule has 0 heterocycles. The van der Waals surface area contributed by atoms with Crippen LogP contribution in [0.1, 0.15) is 44.2 Å². The van der Waals surface area contributed by atoms with Gasteiger partial charge < -0.3 is 10.6 Å². The highest BCUT2D eigenvalue weighted by Gasteiger charge is 2.06. The molecule has 0 aromatic heterocycles. The summed E-state index contributed by atoms with van der Waals surface area (Å²) in [5.74, 6) is 0.358. The third-order valence-electron chi connectivity index (χ3n) is 4.01. The molecule has 0 bridgehead atoms. The molecule has 2 aromatic rings. The molecule has 0 unspecified atom stereocenters. The Labute approximate surface area is 143 Å². The minimum absolute atomic E-state index is 0.0569. The summed E-state index contributed by atoms with van der Waals surface area (Å²) < 4.78 is 0. The average molecular weight is 324 g/mol. The van der Waals surface area contributed by atoms with Crippen molar-refractivity contribution in [1.82, 2.24) is 0 Å². The molecule has 2 rings (SSSR count). The zero-order valence-electron chi connectivity index (χ0n) is 14.4. The number of hydrogen-bond donors (Lipinski definition) is 2. The summed E-state index contributed by atoms with van der Waals surface area (Å²) >= 11 is 0. The molecule has 0 aliphatic heterocycles. The first-order chi connectivity index (χ1) is 11.5. The number of hydrogen-bond acceptors (Lipinski definition) is 2. The van der Waals surface area contributed by atoms with Crippen LogP contribution in [0.5, 0.6) is 0 Å². The summed E-state index contributed by atoms with van der Waals surface area (Å²) in [5.41, 5.74) is 3.72. The molecule has 0 saturated carbocycles. The van der Waals surface area contributed by atoms with Crippen LogP contribution in [-0.4, -0.2) is 11.8 Å². The monoisotopic (exact) mass is 324 g/mol. The second-order valence-corrected chi connectivity index (χ2v) is 6.03. The molecule has 0 aliphatic rings. The average Bonchev–Trinajstić information content (AvgIpc) is 2.56. The first-order valence-electron chi connectivity index (χ1n) is 8.24. The largest absolute Gasteiger partial charge is 0.326 e. The van der Waals surface area contributed by atoms with Gasteiger partial charge in [-0.2, -0.15) is 0 Å². The Kier molecular flexibility index (Phi) is 6.13. The highest BCUT2D eigenvalue weighted by Crippen LogP contribution is 2.20. The lowest BCUT2D eigenvalue weighted by Gasteiger charge is -2.11. The van der Waals surface area contributed by atoms with Crippen LogP contribution in [0.15, 0.2) is 48.5 Å². The van der Waals surface area contributed by atoms with Gasteiger partial charge in [-0.3, -0.25) is 9.59 Å².